The molecular weight excluding hydrogens is 422 g/mol. The van der Waals surface area contributed by atoms with Gasteiger partial charge in [0.05, 0.1) is 24.2 Å². The van der Waals surface area contributed by atoms with E-state index in [4.69, 9.17) is 13.9 Å². The molecule has 6 rings (SSSR count). The van der Waals surface area contributed by atoms with Gasteiger partial charge in [-0.05, 0) is 31.0 Å². The van der Waals surface area contributed by atoms with Crippen molar-refractivity contribution in [3.63, 3.8) is 0 Å². The van der Waals surface area contributed by atoms with Gasteiger partial charge in [0.2, 0.25) is 0 Å². The largest absolute Gasteiger partial charge is 0.452 e. The van der Waals surface area contributed by atoms with Gasteiger partial charge in [0, 0.05) is 41.2 Å². The fourth-order valence-corrected chi connectivity index (χ4v) is 5.36. The van der Waals surface area contributed by atoms with Crippen LogP contribution in [0.3, 0.4) is 0 Å². The van der Waals surface area contributed by atoms with Crippen molar-refractivity contribution < 1.29 is 13.9 Å². The Balaban J connectivity index is 1.23. The Bertz CT molecular complexity index is 1300. The molecule has 2 fully saturated rings. The van der Waals surface area contributed by atoms with Gasteiger partial charge in [-0.25, -0.2) is 0 Å². The van der Waals surface area contributed by atoms with Gasteiger partial charge in [-0.2, -0.15) is 5.10 Å². The molecule has 0 amide bonds. The molecule has 1 N–H and O–H groups in total. The van der Waals surface area contributed by atoms with E-state index in [1.807, 2.05) is 0 Å². The fraction of sp³-hybridized carbons (Fsp3) is 0.400. The molecule has 1 aliphatic carbocycles. The molecule has 4 aromatic rings. The van der Waals surface area contributed by atoms with Crippen molar-refractivity contribution in [1.29, 1.82) is 0 Å². The minimum absolute atomic E-state index is 0.400. The predicted molar refractivity (Wildman–Crippen MR) is 127 cm³/mol. The van der Waals surface area contributed by atoms with E-state index >= 15 is 0 Å². The summed E-state index contributed by atoms with van der Waals surface area (Å²) in [4.78, 5) is 3.34. The fourth-order valence-electron chi connectivity index (χ4n) is 4.60. The Kier molecular flexibility index (Phi) is 5.35. The first-order valence-corrected chi connectivity index (χ1v) is 12.2. The number of fused-ring (bicyclic) bond motifs is 3. The number of hydrogen-bond donors (Lipinski definition) is 1. The van der Waals surface area contributed by atoms with Gasteiger partial charge in [0.1, 0.15) is 23.4 Å². The number of furan rings is 1. The van der Waals surface area contributed by atoms with Crippen LogP contribution in [0.2, 0.25) is 0 Å². The van der Waals surface area contributed by atoms with Gasteiger partial charge in [0.15, 0.2) is 5.58 Å². The Hall–Kier alpha value is -2.79. The number of nitrogens with one attached hydrogen (secondary N) is 1. The summed E-state index contributed by atoms with van der Waals surface area (Å²) >= 11 is 1.62. The van der Waals surface area contributed by atoms with Crippen molar-refractivity contribution in [2.24, 2.45) is 0 Å². The highest BCUT2D eigenvalue weighted by atomic mass is 32.1. The van der Waals surface area contributed by atoms with Crippen molar-refractivity contribution in [3.8, 4) is 23.1 Å². The van der Waals surface area contributed by atoms with Crippen molar-refractivity contribution >= 4 is 39.1 Å². The number of anilines is 1. The lowest BCUT2D eigenvalue weighted by Gasteiger charge is -2.28. The predicted octanol–water partition coefficient (Wildman–Crippen LogP) is 5.18. The molecule has 0 atom stereocenters. The van der Waals surface area contributed by atoms with Crippen LogP contribution in [-0.4, -0.2) is 49.2 Å². The molecule has 0 spiro atoms. The lowest BCUT2D eigenvalue weighted by atomic mass is 10.2. The van der Waals surface area contributed by atoms with E-state index in [1.165, 1.54) is 31.4 Å². The van der Waals surface area contributed by atoms with Crippen LogP contribution in [-0.2, 0) is 9.47 Å². The third-order valence-corrected chi connectivity index (χ3v) is 7.17. The van der Waals surface area contributed by atoms with Crippen molar-refractivity contribution in [1.82, 2.24) is 10.2 Å². The van der Waals surface area contributed by atoms with Crippen molar-refractivity contribution in [2.75, 3.05) is 37.8 Å². The molecule has 4 heterocycles. The number of aromatic nitrogens is 2. The van der Waals surface area contributed by atoms with E-state index in [1.54, 1.807) is 11.3 Å². The number of benzene rings is 1. The van der Waals surface area contributed by atoms with Crippen LogP contribution < -0.4 is 4.90 Å². The number of rotatable bonds is 4. The normalized spacial score (nSPS) is 17.3. The number of nitrogens with zero attached hydrogens (tertiary/aromatic N) is 2. The summed E-state index contributed by atoms with van der Waals surface area (Å²) in [5.41, 5.74) is 5.62. The molecule has 1 aromatic carbocycles. The zero-order valence-corrected chi connectivity index (χ0v) is 18.7. The first-order chi connectivity index (χ1) is 15.8. The molecule has 3 aromatic heterocycles. The average Bonchev–Trinajstić information content (AvgIpc) is 3.62. The number of ether oxygens (including phenoxy) is 2. The van der Waals surface area contributed by atoms with Crippen LogP contribution in [0.5, 0.6) is 0 Å². The molecule has 1 aliphatic heterocycles. The van der Waals surface area contributed by atoms with E-state index in [0.717, 1.165) is 64.5 Å². The van der Waals surface area contributed by atoms with Gasteiger partial charge in [-0.15, -0.1) is 11.3 Å². The van der Waals surface area contributed by atoms with E-state index in [9.17, 15) is 0 Å². The lowest BCUT2D eigenvalue weighted by molar-refractivity contribution is 0.0838. The summed E-state index contributed by atoms with van der Waals surface area (Å²) in [6, 6.07) is 8.46. The molecule has 2 aliphatic rings. The zero-order valence-electron chi connectivity index (χ0n) is 17.9. The Morgan fingerprint density at radius 1 is 1.19 bits per heavy atom. The molecule has 0 unspecified atom stereocenters. The van der Waals surface area contributed by atoms with Crippen LogP contribution in [0.1, 0.15) is 30.6 Å². The standard InChI is InChI=1S/C25H25N3O3S/c1-2-5-19(4-1)30-11-3-6-20-14-17(16-32-20)23-25-24(27-26-23)21-8-7-18(15-22(21)31-25)28-9-12-29-13-10-28/h7-8,14-16,19H,1-2,4-5,9-13H2,(H,26,27). The van der Waals surface area contributed by atoms with E-state index < -0.39 is 0 Å². The highest BCUT2D eigenvalue weighted by molar-refractivity contribution is 7.11. The molecule has 32 heavy (non-hydrogen) atoms. The average molecular weight is 448 g/mol. The number of morpholine rings is 1. The zero-order chi connectivity index (χ0) is 21.3. The molecule has 0 radical (unpaired) electrons. The Morgan fingerprint density at radius 3 is 2.94 bits per heavy atom. The summed E-state index contributed by atoms with van der Waals surface area (Å²) in [6.07, 6.45) is 5.30. The topological polar surface area (TPSA) is 63.5 Å². The summed E-state index contributed by atoms with van der Waals surface area (Å²) in [6.45, 7) is 3.84. The molecule has 0 bridgehead atoms. The molecule has 1 saturated carbocycles. The molecular formula is C25H25N3O3S. The van der Waals surface area contributed by atoms with Crippen molar-refractivity contribution in [3.05, 3.63) is 34.5 Å². The van der Waals surface area contributed by atoms with Gasteiger partial charge in [-0.3, -0.25) is 5.10 Å². The first kappa shape index (κ1) is 19.9. The van der Waals surface area contributed by atoms with Crippen LogP contribution in [0.4, 0.5) is 5.69 Å². The summed E-state index contributed by atoms with van der Waals surface area (Å²) < 4.78 is 17.6. The minimum atomic E-state index is 0.400. The molecule has 1 saturated heterocycles. The van der Waals surface area contributed by atoms with Crippen molar-refractivity contribution in [2.45, 2.75) is 31.8 Å². The quantitative estimate of drug-likeness (QED) is 0.437. The summed E-state index contributed by atoms with van der Waals surface area (Å²) in [5.74, 6) is 6.38. The second-order valence-corrected chi connectivity index (χ2v) is 9.29. The molecule has 164 valence electrons. The first-order valence-electron chi connectivity index (χ1n) is 11.3. The highest BCUT2D eigenvalue weighted by Crippen LogP contribution is 2.36. The second-order valence-electron chi connectivity index (χ2n) is 8.38. The van der Waals surface area contributed by atoms with Gasteiger partial charge < -0.3 is 18.8 Å². The maximum absolute atomic E-state index is 6.27. The Morgan fingerprint density at radius 2 is 2.06 bits per heavy atom. The summed E-state index contributed by atoms with van der Waals surface area (Å²) in [7, 11) is 0. The summed E-state index contributed by atoms with van der Waals surface area (Å²) in [5, 5.41) is 10.8. The van der Waals surface area contributed by atoms with Gasteiger partial charge in [-0.1, -0.05) is 24.7 Å². The second kappa shape index (κ2) is 8.62. The van der Waals surface area contributed by atoms with Gasteiger partial charge in [0.25, 0.3) is 0 Å². The SMILES string of the molecule is C(#Cc1cc(-c2n[nH]c3c2oc2cc(N4CCOCC4)ccc23)cs1)COC1CCCC1. The maximum Gasteiger partial charge on any atom is 0.181 e. The third kappa shape index (κ3) is 3.79. The number of H-pyrrole nitrogens is 1. The van der Waals surface area contributed by atoms with Crippen LogP contribution in [0, 0.1) is 11.8 Å². The number of aromatic amines is 1. The number of thiophene rings is 1. The monoisotopic (exact) mass is 447 g/mol. The highest BCUT2D eigenvalue weighted by Gasteiger charge is 2.19. The van der Waals surface area contributed by atoms with E-state index in [0.29, 0.717) is 12.7 Å². The maximum atomic E-state index is 6.27. The molecule has 7 heteroatoms. The van der Waals surface area contributed by atoms with E-state index in [-0.39, 0.29) is 0 Å². The smallest absolute Gasteiger partial charge is 0.181 e. The minimum Gasteiger partial charge on any atom is -0.452 e. The van der Waals surface area contributed by atoms with Crippen LogP contribution in [0.15, 0.2) is 34.1 Å². The van der Waals surface area contributed by atoms with Crippen LogP contribution >= 0.6 is 11.3 Å². The van der Waals surface area contributed by atoms with Crippen LogP contribution in [0.25, 0.3) is 33.3 Å². The molecule has 6 nitrogen and oxygen atoms in total. The van der Waals surface area contributed by atoms with Gasteiger partial charge >= 0.3 is 0 Å². The number of hydrogen-bond acceptors (Lipinski definition) is 6. The van der Waals surface area contributed by atoms with E-state index in [2.05, 4.69) is 56.6 Å². The third-order valence-electron chi connectivity index (χ3n) is 6.32. The Labute approximate surface area is 190 Å². The lowest BCUT2D eigenvalue weighted by Crippen LogP contribution is -2.36.